The van der Waals surface area contributed by atoms with E-state index in [0.717, 1.165) is 11.4 Å². The molecule has 6 nitrogen and oxygen atoms in total. The van der Waals surface area contributed by atoms with Gasteiger partial charge in [-0.15, -0.1) is 10.2 Å². The summed E-state index contributed by atoms with van der Waals surface area (Å²) in [4.78, 5) is 26.7. The van der Waals surface area contributed by atoms with E-state index >= 15 is 0 Å². The van der Waals surface area contributed by atoms with Crippen LogP contribution in [0.1, 0.15) is 49.0 Å². The van der Waals surface area contributed by atoms with E-state index in [0.29, 0.717) is 36.6 Å². The molecule has 2 aromatic rings. The standard InChI is InChI=1S/C20H25FN4O2S/c1-20(2,3)12-16-23-24-19(28-16)22-17(26)13-8-10-25(11-9-13)18(27)14-4-6-15(21)7-5-14/h4-7,13H,8-12H2,1-3H3,(H,22,24,26). The molecule has 0 saturated carbocycles. The molecule has 2 amide bonds. The van der Waals surface area contributed by atoms with Crippen molar-refractivity contribution in [3.8, 4) is 0 Å². The first kappa shape index (κ1) is 20.4. The number of carbonyl (C=O) groups excluding carboxylic acids is 2. The van der Waals surface area contributed by atoms with Crippen molar-refractivity contribution in [2.75, 3.05) is 18.4 Å². The molecular formula is C20H25FN4O2S. The van der Waals surface area contributed by atoms with Gasteiger partial charge in [0.05, 0.1) is 0 Å². The predicted molar refractivity (Wildman–Crippen MR) is 107 cm³/mol. The number of likely N-dealkylation sites (tertiary alicyclic amines) is 1. The number of carbonyl (C=O) groups is 2. The number of rotatable bonds is 4. The Hall–Kier alpha value is -2.35. The van der Waals surface area contributed by atoms with E-state index in [1.54, 1.807) is 4.90 Å². The van der Waals surface area contributed by atoms with E-state index in [-0.39, 0.29) is 29.0 Å². The molecule has 0 atom stereocenters. The number of benzene rings is 1. The number of amides is 2. The summed E-state index contributed by atoms with van der Waals surface area (Å²) in [6.07, 6.45) is 1.99. The van der Waals surface area contributed by atoms with Gasteiger partial charge in [-0.2, -0.15) is 0 Å². The average molecular weight is 405 g/mol. The molecule has 28 heavy (non-hydrogen) atoms. The van der Waals surface area contributed by atoms with Gasteiger partial charge < -0.3 is 10.2 Å². The molecule has 1 aromatic heterocycles. The third-order valence-electron chi connectivity index (χ3n) is 4.62. The second kappa shape index (κ2) is 8.34. The summed E-state index contributed by atoms with van der Waals surface area (Å²) in [5, 5.41) is 12.5. The highest BCUT2D eigenvalue weighted by Gasteiger charge is 2.28. The fraction of sp³-hybridized carbons (Fsp3) is 0.500. The van der Waals surface area contributed by atoms with Crippen molar-refractivity contribution in [2.24, 2.45) is 11.3 Å². The van der Waals surface area contributed by atoms with Gasteiger partial charge in [0.15, 0.2) is 0 Å². The van der Waals surface area contributed by atoms with Gasteiger partial charge in [-0.3, -0.25) is 9.59 Å². The van der Waals surface area contributed by atoms with Crippen LogP contribution >= 0.6 is 11.3 Å². The van der Waals surface area contributed by atoms with E-state index in [1.807, 2.05) is 0 Å². The van der Waals surface area contributed by atoms with Crippen LogP contribution in [0.2, 0.25) is 0 Å². The molecule has 1 saturated heterocycles. The quantitative estimate of drug-likeness (QED) is 0.842. The largest absolute Gasteiger partial charge is 0.339 e. The van der Waals surface area contributed by atoms with Gasteiger partial charge in [0.2, 0.25) is 11.0 Å². The number of aromatic nitrogens is 2. The Bertz CT molecular complexity index is 837. The summed E-state index contributed by atoms with van der Waals surface area (Å²) in [6, 6.07) is 5.54. The van der Waals surface area contributed by atoms with Crippen LogP contribution in [-0.2, 0) is 11.2 Å². The fourth-order valence-corrected chi connectivity index (χ4v) is 4.20. The Morgan fingerprint density at radius 2 is 1.82 bits per heavy atom. The van der Waals surface area contributed by atoms with Crippen molar-refractivity contribution in [1.82, 2.24) is 15.1 Å². The topological polar surface area (TPSA) is 75.2 Å². The monoisotopic (exact) mass is 404 g/mol. The van der Waals surface area contributed by atoms with Crippen molar-refractivity contribution >= 4 is 28.3 Å². The third-order valence-corrected chi connectivity index (χ3v) is 5.46. The number of nitrogens with zero attached hydrogens (tertiary/aromatic N) is 3. The van der Waals surface area contributed by atoms with Crippen LogP contribution in [0.15, 0.2) is 24.3 Å². The molecule has 0 radical (unpaired) electrons. The highest BCUT2D eigenvalue weighted by Crippen LogP contribution is 2.26. The van der Waals surface area contributed by atoms with Crippen molar-refractivity contribution in [3.63, 3.8) is 0 Å². The number of halogens is 1. The zero-order valence-corrected chi connectivity index (χ0v) is 17.2. The van der Waals surface area contributed by atoms with E-state index in [2.05, 4.69) is 36.3 Å². The lowest BCUT2D eigenvalue weighted by molar-refractivity contribution is -0.121. The van der Waals surface area contributed by atoms with E-state index in [4.69, 9.17) is 0 Å². The van der Waals surface area contributed by atoms with Gasteiger partial charge in [0, 0.05) is 31.0 Å². The van der Waals surface area contributed by atoms with E-state index in [1.165, 1.54) is 35.6 Å². The first-order chi connectivity index (χ1) is 13.2. The maximum atomic E-state index is 13.0. The maximum absolute atomic E-state index is 13.0. The third kappa shape index (κ3) is 5.34. The van der Waals surface area contributed by atoms with Crippen LogP contribution in [0, 0.1) is 17.2 Å². The van der Waals surface area contributed by atoms with Crippen LogP contribution in [-0.4, -0.2) is 40.0 Å². The minimum atomic E-state index is -0.366. The smallest absolute Gasteiger partial charge is 0.253 e. The molecule has 3 rings (SSSR count). The van der Waals surface area contributed by atoms with Crippen LogP contribution < -0.4 is 5.32 Å². The highest BCUT2D eigenvalue weighted by atomic mass is 32.1. The molecule has 150 valence electrons. The summed E-state index contributed by atoms with van der Waals surface area (Å²) < 4.78 is 13.0. The van der Waals surface area contributed by atoms with Crippen molar-refractivity contribution in [1.29, 1.82) is 0 Å². The molecule has 0 spiro atoms. The zero-order chi connectivity index (χ0) is 20.3. The SMILES string of the molecule is CC(C)(C)Cc1nnc(NC(=O)C2CCN(C(=O)c3ccc(F)cc3)CC2)s1. The summed E-state index contributed by atoms with van der Waals surface area (Å²) in [7, 11) is 0. The van der Waals surface area contributed by atoms with Gasteiger partial charge in [0.1, 0.15) is 10.8 Å². The number of hydrogen-bond donors (Lipinski definition) is 1. The minimum Gasteiger partial charge on any atom is -0.339 e. The van der Waals surface area contributed by atoms with Crippen LogP contribution in [0.25, 0.3) is 0 Å². The first-order valence-electron chi connectivity index (χ1n) is 9.39. The lowest BCUT2D eigenvalue weighted by Crippen LogP contribution is -2.41. The Morgan fingerprint density at radius 1 is 1.18 bits per heavy atom. The van der Waals surface area contributed by atoms with E-state index in [9.17, 15) is 14.0 Å². The van der Waals surface area contributed by atoms with Crippen LogP contribution in [0.5, 0.6) is 0 Å². The first-order valence-corrected chi connectivity index (χ1v) is 10.2. The molecule has 0 unspecified atom stereocenters. The van der Waals surface area contributed by atoms with Crippen molar-refractivity contribution in [2.45, 2.75) is 40.0 Å². The molecule has 1 fully saturated rings. The lowest BCUT2D eigenvalue weighted by Gasteiger charge is -2.31. The van der Waals surface area contributed by atoms with Gasteiger partial charge >= 0.3 is 0 Å². The number of anilines is 1. The van der Waals surface area contributed by atoms with Crippen LogP contribution in [0.3, 0.4) is 0 Å². The summed E-state index contributed by atoms with van der Waals surface area (Å²) in [5.41, 5.74) is 0.578. The maximum Gasteiger partial charge on any atom is 0.253 e. The molecule has 8 heteroatoms. The van der Waals surface area contributed by atoms with Gasteiger partial charge in [0.25, 0.3) is 5.91 Å². The molecule has 1 aliphatic heterocycles. The molecule has 1 aliphatic rings. The summed E-state index contributed by atoms with van der Waals surface area (Å²) >= 11 is 1.41. The molecule has 0 bridgehead atoms. The number of hydrogen-bond acceptors (Lipinski definition) is 5. The minimum absolute atomic E-state index is 0.0765. The Morgan fingerprint density at radius 3 is 2.43 bits per heavy atom. The fourth-order valence-electron chi connectivity index (χ4n) is 3.16. The molecule has 1 aromatic carbocycles. The number of piperidine rings is 1. The molecule has 1 N–H and O–H groups in total. The van der Waals surface area contributed by atoms with Gasteiger partial charge in [-0.25, -0.2) is 4.39 Å². The van der Waals surface area contributed by atoms with E-state index < -0.39 is 0 Å². The zero-order valence-electron chi connectivity index (χ0n) is 16.4. The second-order valence-electron chi connectivity index (χ2n) is 8.30. The van der Waals surface area contributed by atoms with Crippen LogP contribution in [0.4, 0.5) is 9.52 Å². The molecule has 2 heterocycles. The Labute approximate surface area is 168 Å². The summed E-state index contributed by atoms with van der Waals surface area (Å²) in [5.74, 6) is -0.733. The van der Waals surface area contributed by atoms with Gasteiger partial charge in [-0.05, 0) is 42.5 Å². The lowest BCUT2D eigenvalue weighted by atomic mass is 9.93. The predicted octanol–water partition coefficient (Wildman–Crippen LogP) is 3.76. The number of nitrogens with one attached hydrogen (secondary N) is 1. The van der Waals surface area contributed by atoms with Crippen molar-refractivity contribution < 1.29 is 14.0 Å². The Balaban J connectivity index is 1.51. The van der Waals surface area contributed by atoms with Gasteiger partial charge in [-0.1, -0.05) is 32.1 Å². The van der Waals surface area contributed by atoms with Crippen molar-refractivity contribution in [3.05, 3.63) is 40.7 Å². The normalized spacial score (nSPS) is 15.5. The highest BCUT2D eigenvalue weighted by molar-refractivity contribution is 7.15. The molecule has 0 aliphatic carbocycles. The second-order valence-corrected chi connectivity index (χ2v) is 9.36. The Kier molecular flexibility index (Phi) is 6.07. The summed E-state index contributed by atoms with van der Waals surface area (Å²) in [6.45, 7) is 7.40. The molecular weight excluding hydrogens is 379 g/mol. The average Bonchev–Trinajstić information content (AvgIpc) is 3.06.